The van der Waals surface area contributed by atoms with Gasteiger partial charge in [0.15, 0.2) is 5.78 Å². The van der Waals surface area contributed by atoms with E-state index in [9.17, 15) is 9.59 Å². The van der Waals surface area contributed by atoms with Crippen molar-refractivity contribution in [1.29, 1.82) is 0 Å². The van der Waals surface area contributed by atoms with E-state index >= 15 is 0 Å². The lowest BCUT2D eigenvalue weighted by atomic mass is 9.69. The van der Waals surface area contributed by atoms with E-state index in [-0.39, 0.29) is 30.7 Å². The molecule has 0 bridgehead atoms. The van der Waals surface area contributed by atoms with Crippen molar-refractivity contribution in [2.75, 3.05) is 0 Å². The Labute approximate surface area is 145 Å². The lowest BCUT2D eigenvalue weighted by molar-refractivity contribution is -0.145. The first kappa shape index (κ1) is 20.4. The maximum Gasteiger partial charge on any atom is 0.306 e. The van der Waals surface area contributed by atoms with Gasteiger partial charge in [-0.3, -0.25) is 9.59 Å². The SMILES string of the molecule is CCC(C)C(C)(CC)C(=O)[C@H](N)CCC(=O)OCc1ccccc1. The van der Waals surface area contributed by atoms with E-state index in [0.29, 0.717) is 6.42 Å². The summed E-state index contributed by atoms with van der Waals surface area (Å²) < 4.78 is 5.23. The number of rotatable bonds is 10. The second-order valence-electron chi connectivity index (χ2n) is 6.74. The third kappa shape index (κ3) is 5.45. The second-order valence-corrected chi connectivity index (χ2v) is 6.74. The topological polar surface area (TPSA) is 69.4 Å². The van der Waals surface area contributed by atoms with Gasteiger partial charge in [0.25, 0.3) is 0 Å². The van der Waals surface area contributed by atoms with Crippen LogP contribution < -0.4 is 5.73 Å². The maximum absolute atomic E-state index is 12.7. The van der Waals surface area contributed by atoms with Gasteiger partial charge in [-0.25, -0.2) is 0 Å². The zero-order valence-electron chi connectivity index (χ0n) is 15.4. The summed E-state index contributed by atoms with van der Waals surface area (Å²) in [5, 5.41) is 0. The van der Waals surface area contributed by atoms with Crippen LogP contribution in [0.2, 0.25) is 0 Å². The third-order valence-corrected chi connectivity index (χ3v) is 5.24. The number of benzene rings is 1. The molecule has 0 aliphatic heterocycles. The number of Topliss-reactive ketones (excluding diaryl/α,β-unsaturated/α-hetero) is 1. The van der Waals surface area contributed by atoms with Crippen molar-refractivity contribution >= 4 is 11.8 Å². The molecule has 1 rings (SSSR count). The number of ether oxygens (including phenoxy) is 1. The largest absolute Gasteiger partial charge is 0.461 e. The number of carbonyl (C=O) groups is 2. The number of ketones is 1. The molecule has 0 amide bonds. The Bertz CT molecular complexity index is 529. The van der Waals surface area contributed by atoms with E-state index in [1.54, 1.807) is 0 Å². The van der Waals surface area contributed by atoms with Crippen LogP contribution in [0.3, 0.4) is 0 Å². The number of hydrogen-bond acceptors (Lipinski definition) is 4. The lowest BCUT2D eigenvalue weighted by Gasteiger charge is -2.35. The molecule has 0 fully saturated rings. The van der Waals surface area contributed by atoms with Crippen LogP contribution in [0.15, 0.2) is 30.3 Å². The van der Waals surface area contributed by atoms with Gasteiger partial charge in [-0.15, -0.1) is 0 Å². The lowest BCUT2D eigenvalue weighted by Crippen LogP contribution is -2.45. The molecule has 2 N–H and O–H groups in total. The fourth-order valence-electron chi connectivity index (χ4n) is 2.85. The average Bonchev–Trinajstić information content (AvgIpc) is 2.63. The quantitative estimate of drug-likeness (QED) is 0.660. The maximum atomic E-state index is 12.7. The molecule has 1 aromatic rings. The van der Waals surface area contributed by atoms with Gasteiger partial charge in [0.2, 0.25) is 0 Å². The molecular formula is C20H31NO3. The minimum atomic E-state index is -0.617. The van der Waals surface area contributed by atoms with E-state index in [2.05, 4.69) is 13.8 Å². The van der Waals surface area contributed by atoms with E-state index in [1.807, 2.05) is 44.2 Å². The van der Waals surface area contributed by atoms with Crippen LogP contribution in [0.5, 0.6) is 0 Å². The highest BCUT2D eigenvalue weighted by atomic mass is 16.5. The Morgan fingerprint density at radius 1 is 1.21 bits per heavy atom. The Morgan fingerprint density at radius 3 is 2.38 bits per heavy atom. The smallest absolute Gasteiger partial charge is 0.306 e. The molecule has 0 heterocycles. The molecule has 4 nitrogen and oxygen atoms in total. The van der Waals surface area contributed by atoms with Crippen LogP contribution in [0.25, 0.3) is 0 Å². The van der Waals surface area contributed by atoms with Crippen molar-refractivity contribution in [3.05, 3.63) is 35.9 Å². The van der Waals surface area contributed by atoms with E-state index < -0.39 is 11.5 Å². The summed E-state index contributed by atoms with van der Waals surface area (Å²) in [6.45, 7) is 8.42. The van der Waals surface area contributed by atoms with Crippen molar-refractivity contribution in [3.63, 3.8) is 0 Å². The molecule has 3 atom stereocenters. The van der Waals surface area contributed by atoms with E-state index in [4.69, 9.17) is 10.5 Å². The molecule has 0 aromatic heterocycles. The molecule has 0 saturated heterocycles. The van der Waals surface area contributed by atoms with Crippen molar-refractivity contribution in [1.82, 2.24) is 0 Å². The predicted octanol–water partition coefficient (Wildman–Crippen LogP) is 3.87. The Hall–Kier alpha value is -1.68. The molecule has 0 aliphatic carbocycles. The number of carbonyl (C=O) groups excluding carboxylic acids is 2. The predicted molar refractivity (Wildman–Crippen MR) is 96.3 cm³/mol. The normalized spacial score (nSPS) is 16.0. The minimum absolute atomic E-state index is 0.0511. The minimum Gasteiger partial charge on any atom is -0.461 e. The second kappa shape index (κ2) is 9.58. The zero-order chi connectivity index (χ0) is 18.2. The molecule has 2 unspecified atom stereocenters. The molecule has 0 saturated carbocycles. The van der Waals surface area contributed by atoms with Gasteiger partial charge in [0.1, 0.15) is 6.61 Å². The Kier molecular flexibility index (Phi) is 8.13. The van der Waals surface area contributed by atoms with Crippen LogP contribution in [0, 0.1) is 11.3 Å². The summed E-state index contributed by atoms with van der Waals surface area (Å²) in [6, 6.07) is 8.91. The fraction of sp³-hybridized carbons (Fsp3) is 0.600. The van der Waals surface area contributed by atoms with Crippen molar-refractivity contribution in [3.8, 4) is 0 Å². The summed E-state index contributed by atoms with van der Waals surface area (Å²) in [5.41, 5.74) is 6.59. The van der Waals surface area contributed by atoms with Gasteiger partial charge in [0.05, 0.1) is 6.04 Å². The fourth-order valence-corrected chi connectivity index (χ4v) is 2.85. The highest BCUT2D eigenvalue weighted by molar-refractivity contribution is 5.89. The molecule has 24 heavy (non-hydrogen) atoms. The standard InChI is InChI=1S/C20H31NO3/c1-5-15(3)20(4,6-2)19(23)17(21)12-13-18(22)24-14-16-10-8-7-9-11-16/h7-11,15,17H,5-6,12-14,21H2,1-4H3/t15?,17-,20?/m1/s1. The number of hydrogen-bond donors (Lipinski definition) is 1. The zero-order valence-corrected chi connectivity index (χ0v) is 15.4. The van der Waals surface area contributed by atoms with Crippen LogP contribution in [0.4, 0.5) is 0 Å². The number of esters is 1. The molecule has 0 radical (unpaired) electrons. The van der Waals surface area contributed by atoms with Crippen LogP contribution in [-0.2, 0) is 20.9 Å². The van der Waals surface area contributed by atoms with Crippen molar-refractivity contribution in [2.24, 2.45) is 17.1 Å². The molecular weight excluding hydrogens is 302 g/mol. The highest BCUT2D eigenvalue weighted by Crippen LogP contribution is 2.35. The van der Waals surface area contributed by atoms with Gasteiger partial charge < -0.3 is 10.5 Å². The van der Waals surface area contributed by atoms with Crippen molar-refractivity contribution in [2.45, 2.75) is 66.0 Å². The van der Waals surface area contributed by atoms with Gasteiger partial charge in [-0.2, -0.15) is 0 Å². The highest BCUT2D eigenvalue weighted by Gasteiger charge is 2.38. The molecule has 0 aliphatic rings. The van der Waals surface area contributed by atoms with Crippen molar-refractivity contribution < 1.29 is 14.3 Å². The Morgan fingerprint density at radius 2 is 1.83 bits per heavy atom. The number of nitrogens with two attached hydrogens (primary N) is 1. The first-order valence-corrected chi connectivity index (χ1v) is 8.84. The van der Waals surface area contributed by atoms with Gasteiger partial charge in [-0.05, 0) is 24.3 Å². The molecule has 1 aromatic carbocycles. The van der Waals surface area contributed by atoms with E-state index in [1.165, 1.54) is 0 Å². The van der Waals surface area contributed by atoms with Crippen LogP contribution in [-0.4, -0.2) is 17.8 Å². The molecule has 134 valence electrons. The first-order valence-electron chi connectivity index (χ1n) is 8.84. The summed E-state index contributed by atoms with van der Waals surface area (Å²) >= 11 is 0. The summed E-state index contributed by atoms with van der Waals surface area (Å²) in [7, 11) is 0. The average molecular weight is 333 g/mol. The third-order valence-electron chi connectivity index (χ3n) is 5.24. The summed E-state index contributed by atoms with van der Waals surface area (Å²) in [4.78, 5) is 24.6. The van der Waals surface area contributed by atoms with Gasteiger partial charge in [-0.1, -0.05) is 64.4 Å². The monoisotopic (exact) mass is 333 g/mol. The van der Waals surface area contributed by atoms with Gasteiger partial charge in [0, 0.05) is 11.8 Å². The molecule has 4 heteroatoms. The van der Waals surface area contributed by atoms with Crippen LogP contribution >= 0.6 is 0 Å². The summed E-state index contributed by atoms with van der Waals surface area (Å²) in [6.07, 6.45) is 2.19. The molecule has 0 spiro atoms. The van der Waals surface area contributed by atoms with Crippen LogP contribution in [0.1, 0.15) is 58.9 Å². The Balaban J connectivity index is 2.48. The first-order chi connectivity index (χ1) is 11.3. The summed E-state index contributed by atoms with van der Waals surface area (Å²) in [5.74, 6) is 0.00476. The van der Waals surface area contributed by atoms with E-state index in [0.717, 1.165) is 18.4 Å². The van der Waals surface area contributed by atoms with Gasteiger partial charge >= 0.3 is 5.97 Å².